The van der Waals surface area contributed by atoms with Crippen LogP contribution in [0.25, 0.3) is 0 Å². The van der Waals surface area contributed by atoms with Crippen molar-refractivity contribution in [2.75, 3.05) is 6.54 Å². The molecule has 0 unspecified atom stereocenters. The lowest BCUT2D eigenvalue weighted by molar-refractivity contribution is -0.122. The standard InChI is InChI=1S/C26H28N2O3S/c1-20-9-7-14-23(17-20)32(30,31)28(18-21-10-3-2-4-11-21)19-26(29)27-25-16-8-13-22-12-5-6-15-24(22)25/h2-7,9-12,14-15,17,25H,8,13,16,18-19H2,1H3,(H,27,29)/t25-/m0/s1. The summed E-state index contributed by atoms with van der Waals surface area (Å²) in [6.45, 7) is 1.75. The van der Waals surface area contributed by atoms with Crippen molar-refractivity contribution in [2.45, 2.75) is 43.7 Å². The SMILES string of the molecule is Cc1cccc(S(=O)(=O)N(CC(=O)N[C@H]2CCCc3ccccc32)Cc2ccccc2)c1. The predicted molar refractivity (Wildman–Crippen MR) is 125 cm³/mol. The number of nitrogens with one attached hydrogen (secondary N) is 1. The molecule has 0 radical (unpaired) electrons. The van der Waals surface area contributed by atoms with Crippen LogP contribution in [0, 0.1) is 6.92 Å². The molecule has 3 aromatic rings. The smallest absolute Gasteiger partial charge is 0.243 e. The molecule has 0 fully saturated rings. The Hall–Kier alpha value is -2.96. The number of sulfonamides is 1. The second-order valence-corrected chi connectivity index (χ2v) is 10.2. The van der Waals surface area contributed by atoms with Crippen molar-refractivity contribution >= 4 is 15.9 Å². The molecule has 0 saturated carbocycles. The van der Waals surface area contributed by atoms with Crippen LogP contribution in [0.5, 0.6) is 0 Å². The Morgan fingerprint density at radius 3 is 2.53 bits per heavy atom. The number of fused-ring (bicyclic) bond motifs is 1. The molecule has 0 heterocycles. The van der Waals surface area contributed by atoms with Gasteiger partial charge < -0.3 is 5.32 Å². The fourth-order valence-electron chi connectivity index (χ4n) is 4.24. The van der Waals surface area contributed by atoms with Gasteiger partial charge in [0, 0.05) is 6.54 Å². The summed E-state index contributed by atoms with van der Waals surface area (Å²) in [5, 5.41) is 3.08. The van der Waals surface area contributed by atoms with Crippen LogP contribution in [-0.4, -0.2) is 25.2 Å². The van der Waals surface area contributed by atoms with E-state index in [0.29, 0.717) is 0 Å². The van der Waals surface area contributed by atoms with Crippen molar-refractivity contribution in [1.29, 1.82) is 0 Å². The van der Waals surface area contributed by atoms with Gasteiger partial charge in [-0.3, -0.25) is 4.79 Å². The van der Waals surface area contributed by atoms with Gasteiger partial charge in [0.15, 0.2) is 0 Å². The highest BCUT2D eigenvalue weighted by atomic mass is 32.2. The first-order chi connectivity index (χ1) is 15.4. The largest absolute Gasteiger partial charge is 0.348 e. The normalized spacial score (nSPS) is 15.9. The second-order valence-electron chi connectivity index (χ2n) is 8.29. The van der Waals surface area contributed by atoms with Crippen LogP contribution in [0.4, 0.5) is 0 Å². The lowest BCUT2D eigenvalue weighted by Gasteiger charge is -2.28. The van der Waals surface area contributed by atoms with Gasteiger partial charge in [-0.25, -0.2) is 8.42 Å². The minimum absolute atomic E-state index is 0.0901. The van der Waals surface area contributed by atoms with Gasteiger partial charge in [0.2, 0.25) is 15.9 Å². The zero-order chi connectivity index (χ0) is 22.6. The first-order valence-corrected chi connectivity index (χ1v) is 12.4. The molecule has 166 valence electrons. The van der Waals surface area contributed by atoms with E-state index in [1.807, 2.05) is 61.5 Å². The molecule has 1 atom stereocenters. The van der Waals surface area contributed by atoms with Gasteiger partial charge in [0.25, 0.3) is 0 Å². The number of rotatable bonds is 7. The Bertz CT molecular complexity index is 1190. The van der Waals surface area contributed by atoms with Crippen LogP contribution in [0.2, 0.25) is 0 Å². The van der Waals surface area contributed by atoms with Crippen molar-refractivity contribution in [1.82, 2.24) is 9.62 Å². The lowest BCUT2D eigenvalue weighted by atomic mass is 9.88. The first-order valence-electron chi connectivity index (χ1n) is 10.9. The molecule has 1 aliphatic carbocycles. The zero-order valence-corrected chi connectivity index (χ0v) is 19.0. The molecular formula is C26H28N2O3S. The van der Waals surface area contributed by atoms with Crippen molar-refractivity contribution in [3.05, 3.63) is 101 Å². The highest BCUT2D eigenvalue weighted by molar-refractivity contribution is 7.89. The zero-order valence-electron chi connectivity index (χ0n) is 18.2. The van der Waals surface area contributed by atoms with E-state index in [4.69, 9.17) is 0 Å². The third-order valence-corrected chi connectivity index (χ3v) is 7.64. The van der Waals surface area contributed by atoms with E-state index >= 15 is 0 Å². The number of hydrogen-bond acceptors (Lipinski definition) is 3. The van der Waals surface area contributed by atoms with E-state index < -0.39 is 10.0 Å². The third-order valence-electron chi connectivity index (χ3n) is 5.85. The van der Waals surface area contributed by atoms with Crippen LogP contribution in [-0.2, 0) is 27.8 Å². The summed E-state index contributed by atoms with van der Waals surface area (Å²) in [6.07, 6.45) is 2.85. The summed E-state index contributed by atoms with van der Waals surface area (Å²) in [5.74, 6) is -0.293. The molecule has 0 aliphatic heterocycles. The fourth-order valence-corrected chi connectivity index (χ4v) is 5.73. The topological polar surface area (TPSA) is 66.5 Å². The Balaban J connectivity index is 1.57. The van der Waals surface area contributed by atoms with Gasteiger partial charge in [-0.2, -0.15) is 4.31 Å². The molecule has 0 saturated heterocycles. The molecule has 1 N–H and O–H groups in total. The van der Waals surface area contributed by atoms with Gasteiger partial charge in [0.05, 0.1) is 17.5 Å². The molecule has 0 aromatic heterocycles. The Labute approximate surface area is 190 Å². The number of hydrogen-bond donors (Lipinski definition) is 1. The molecule has 0 spiro atoms. The second kappa shape index (κ2) is 9.67. The molecule has 3 aromatic carbocycles. The lowest BCUT2D eigenvalue weighted by Crippen LogP contribution is -2.42. The van der Waals surface area contributed by atoms with E-state index in [1.165, 1.54) is 9.87 Å². The average molecular weight is 449 g/mol. The van der Waals surface area contributed by atoms with Crippen LogP contribution >= 0.6 is 0 Å². The molecule has 1 aliphatic rings. The molecule has 5 nitrogen and oxygen atoms in total. The Morgan fingerprint density at radius 1 is 1.00 bits per heavy atom. The number of carbonyl (C=O) groups excluding carboxylic acids is 1. The first kappa shape index (κ1) is 22.2. The minimum atomic E-state index is -3.85. The summed E-state index contributed by atoms with van der Waals surface area (Å²) in [7, 11) is -3.85. The maximum absolute atomic E-state index is 13.5. The highest BCUT2D eigenvalue weighted by Gasteiger charge is 2.29. The van der Waals surface area contributed by atoms with Gasteiger partial charge in [-0.05, 0) is 60.6 Å². The maximum Gasteiger partial charge on any atom is 0.243 e. The molecular weight excluding hydrogens is 420 g/mol. The third kappa shape index (κ3) is 5.09. The molecule has 6 heteroatoms. The van der Waals surface area contributed by atoms with Crippen LogP contribution in [0.1, 0.15) is 41.1 Å². The number of nitrogens with zero attached hydrogens (tertiary/aromatic N) is 1. The molecule has 4 rings (SSSR count). The summed E-state index contributed by atoms with van der Waals surface area (Å²) >= 11 is 0. The number of aryl methyl sites for hydroxylation is 2. The van der Waals surface area contributed by atoms with E-state index in [1.54, 1.807) is 18.2 Å². The Kier molecular flexibility index (Phi) is 6.72. The fraction of sp³-hybridized carbons (Fsp3) is 0.269. The van der Waals surface area contributed by atoms with Crippen molar-refractivity contribution in [2.24, 2.45) is 0 Å². The van der Waals surface area contributed by atoms with Gasteiger partial charge in [-0.1, -0.05) is 66.7 Å². The monoisotopic (exact) mass is 448 g/mol. The van der Waals surface area contributed by atoms with Crippen LogP contribution in [0.3, 0.4) is 0 Å². The van der Waals surface area contributed by atoms with E-state index in [2.05, 4.69) is 11.4 Å². The average Bonchev–Trinajstić information content (AvgIpc) is 2.79. The van der Waals surface area contributed by atoms with Crippen molar-refractivity contribution in [3.63, 3.8) is 0 Å². The van der Waals surface area contributed by atoms with Crippen molar-refractivity contribution < 1.29 is 13.2 Å². The summed E-state index contributed by atoms with van der Waals surface area (Å²) in [6, 6.07) is 24.2. The number of amides is 1. The minimum Gasteiger partial charge on any atom is -0.348 e. The molecule has 32 heavy (non-hydrogen) atoms. The van der Waals surface area contributed by atoms with Crippen molar-refractivity contribution in [3.8, 4) is 0 Å². The summed E-state index contributed by atoms with van der Waals surface area (Å²) < 4.78 is 28.2. The maximum atomic E-state index is 13.5. The van der Waals surface area contributed by atoms with E-state index in [0.717, 1.165) is 36.0 Å². The number of carbonyl (C=O) groups is 1. The number of benzene rings is 3. The quantitative estimate of drug-likeness (QED) is 0.583. The predicted octanol–water partition coefficient (Wildman–Crippen LogP) is 4.38. The highest BCUT2D eigenvalue weighted by Crippen LogP contribution is 2.29. The molecule has 1 amide bonds. The van der Waals surface area contributed by atoms with E-state index in [9.17, 15) is 13.2 Å². The summed E-state index contributed by atoms with van der Waals surface area (Å²) in [5.41, 5.74) is 4.06. The van der Waals surface area contributed by atoms with Gasteiger partial charge in [0.1, 0.15) is 0 Å². The Morgan fingerprint density at radius 2 is 1.75 bits per heavy atom. The van der Waals surface area contributed by atoms with Crippen LogP contribution in [0.15, 0.2) is 83.8 Å². The van der Waals surface area contributed by atoms with Crippen LogP contribution < -0.4 is 5.32 Å². The van der Waals surface area contributed by atoms with Gasteiger partial charge >= 0.3 is 0 Å². The summed E-state index contributed by atoms with van der Waals surface area (Å²) in [4.78, 5) is 13.2. The molecule has 0 bridgehead atoms. The van der Waals surface area contributed by atoms with Gasteiger partial charge in [-0.15, -0.1) is 0 Å². The van der Waals surface area contributed by atoms with E-state index in [-0.39, 0.29) is 29.9 Å².